The van der Waals surface area contributed by atoms with Gasteiger partial charge in [0.05, 0.1) is 16.5 Å². The molecule has 148 valence electrons. The number of halogens is 2. The van der Waals surface area contributed by atoms with Crippen LogP contribution in [0.5, 0.6) is 0 Å². The third-order valence-electron chi connectivity index (χ3n) is 3.05. The molecule has 0 aliphatic rings. The lowest BCUT2D eigenvalue weighted by Crippen LogP contribution is -2.07. The Morgan fingerprint density at radius 1 is 0.964 bits per heavy atom. The number of carbonyl (C=O) groups excluding carboxylic acids is 1. The average Bonchev–Trinajstić information content (AvgIpc) is 2.62. The van der Waals surface area contributed by atoms with Crippen molar-refractivity contribution in [2.75, 3.05) is 6.61 Å². The number of esters is 1. The summed E-state index contributed by atoms with van der Waals surface area (Å²) in [6.45, 7) is 1.65. The number of nitro groups is 2. The number of carboxylic acids is 1. The maximum atomic E-state index is 13.1. The molecule has 2 rings (SSSR count). The van der Waals surface area contributed by atoms with Crippen molar-refractivity contribution in [3.63, 3.8) is 0 Å². The Bertz CT molecular complexity index is 933. The molecule has 0 unspecified atom stereocenters. The molecule has 0 atom stereocenters. The van der Waals surface area contributed by atoms with Crippen molar-refractivity contribution in [2.45, 2.75) is 6.92 Å². The monoisotopic (exact) mass is 398 g/mol. The fourth-order valence-corrected chi connectivity index (χ4v) is 1.78. The number of ether oxygens (including phenoxy) is 1. The first-order valence-corrected chi connectivity index (χ1v) is 7.36. The quantitative estimate of drug-likeness (QED) is 0.458. The molecule has 0 bridgehead atoms. The normalized spacial score (nSPS) is 9.68. The molecule has 0 saturated heterocycles. The topological polar surface area (TPSA) is 150 Å². The number of rotatable bonds is 5. The van der Waals surface area contributed by atoms with Gasteiger partial charge in [-0.3, -0.25) is 20.2 Å². The molecule has 12 heteroatoms. The molecule has 0 radical (unpaired) electrons. The van der Waals surface area contributed by atoms with Gasteiger partial charge in [0.2, 0.25) is 0 Å². The number of carboxylic acid groups (broad SMARTS) is 1. The Labute approximate surface area is 155 Å². The third-order valence-corrected chi connectivity index (χ3v) is 3.05. The highest BCUT2D eigenvalue weighted by atomic mass is 19.1. The van der Waals surface area contributed by atoms with Crippen LogP contribution in [0.4, 0.5) is 20.2 Å². The minimum Gasteiger partial charge on any atom is -0.478 e. The van der Waals surface area contributed by atoms with Crippen LogP contribution in [0, 0.1) is 31.9 Å². The second-order valence-electron chi connectivity index (χ2n) is 4.87. The number of non-ortho nitro benzene ring substituents is 2. The van der Waals surface area contributed by atoms with Crippen LogP contribution in [0.15, 0.2) is 36.4 Å². The number of carbonyl (C=O) groups is 2. The summed E-state index contributed by atoms with van der Waals surface area (Å²) in [5.74, 6) is -4.25. The predicted molar refractivity (Wildman–Crippen MR) is 89.0 cm³/mol. The van der Waals surface area contributed by atoms with Crippen LogP contribution in [-0.4, -0.2) is 33.5 Å². The van der Waals surface area contributed by atoms with E-state index in [1.165, 1.54) is 0 Å². The minimum absolute atomic E-state index is 0.0843. The smallest absolute Gasteiger partial charge is 0.341 e. The molecule has 0 saturated carbocycles. The molecule has 1 N–H and O–H groups in total. The second kappa shape index (κ2) is 9.66. The summed E-state index contributed by atoms with van der Waals surface area (Å²) >= 11 is 0. The Morgan fingerprint density at radius 3 is 1.79 bits per heavy atom. The fraction of sp³-hybridized carbons (Fsp3) is 0.125. The van der Waals surface area contributed by atoms with Gasteiger partial charge in [0.25, 0.3) is 11.4 Å². The van der Waals surface area contributed by atoms with E-state index in [1.54, 1.807) is 6.92 Å². The van der Waals surface area contributed by atoms with E-state index >= 15 is 0 Å². The Hall–Kier alpha value is -3.96. The first kappa shape index (κ1) is 22.1. The molecule has 10 nitrogen and oxygen atoms in total. The summed E-state index contributed by atoms with van der Waals surface area (Å²) in [5.41, 5.74) is -1.92. The summed E-state index contributed by atoms with van der Waals surface area (Å²) in [6, 6.07) is 5.04. The number of nitrogens with zero attached hydrogens (tertiary/aromatic N) is 2. The van der Waals surface area contributed by atoms with E-state index in [0.717, 1.165) is 30.3 Å². The summed E-state index contributed by atoms with van der Waals surface area (Å²) in [5, 5.41) is 29.0. The molecule has 0 aromatic heterocycles. The van der Waals surface area contributed by atoms with Crippen molar-refractivity contribution in [1.29, 1.82) is 0 Å². The lowest BCUT2D eigenvalue weighted by molar-refractivity contribution is -0.385. The summed E-state index contributed by atoms with van der Waals surface area (Å²) in [4.78, 5) is 40.6. The summed E-state index contributed by atoms with van der Waals surface area (Å²) in [7, 11) is 0. The predicted octanol–water partition coefficient (Wildman–Crippen LogP) is 3.34. The second-order valence-corrected chi connectivity index (χ2v) is 4.87. The van der Waals surface area contributed by atoms with E-state index in [2.05, 4.69) is 4.74 Å². The van der Waals surface area contributed by atoms with Crippen molar-refractivity contribution < 1.29 is 38.1 Å². The largest absolute Gasteiger partial charge is 0.478 e. The van der Waals surface area contributed by atoms with Crippen molar-refractivity contribution >= 4 is 23.3 Å². The molecule has 0 aliphatic carbocycles. The van der Waals surface area contributed by atoms with E-state index in [1.807, 2.05) is 0 Å². The first-order valence-electron chi connectivity index (χ1n) is 7.36. The molecule has 0 spiro atoms. The van der Waals surface area contributed by atoms with E-state index in [0.29, 0.717) is 6.07 Å². The van der Waals surface area contributed by atoms with E-state index in [-0.39, 0.29) is 12.3 Å². The Morgan fingerprint density at radius 2 is 1.39 bits per heavy atom. The van der Waals surface area contributed by atoms with Gasteiger partial charge in [-0.1, -0.05) is 0 Å². The van der Waals surface area contributed by atoms with Crippen molar-refractivity contribution in [2.24, 2.45) is 0 Å². The number of aromatic carboxylic acids is 1. The lowest BCUT2D eigenvalue weighted by atomic mass is 10.2. The average molecular weight is 398 g/mol. The van der Waals surface area contributed by atoms with Gasteiger partial charge in [-0.05, 0) is 19.1 Å². The van der Waals surface area contributed by atoms with Crippen LogP contribution in [0.25, 0.3) is 0 Å². The van der Waals surface area contributed by atoms with E-state index < -0.39 is 50.2 Å². The summed E-state index contributed by atoms with van der Waals surface area (Å²) in [6.07, 6.45) is 0. The van der Waals surface area contributed by atoms with Crippen LogP contribution in [0.2, 0.25) is 0 Å². The SMILES string of the molecule is CCOC(=O)c1cc([N+](=O)[O-])ccc1F.O=C(O)c1cc([N+](=O)[O-])ccc1F. The third kappa shape index (κ3) is 5.79. The van der Waals surface area contributed by atoms with Crippen LogP contribution < -0.4 is 0 Å². The minimum atomic E-state index is -1.53. The zero-order valence-electron chi connectivity index (χ0n) is 14.1. The molecule has 0 amide bonds. The molecule has 2 aromatic rings. The number of benzene rings is 2. The van der Waals surface area contributed by atoms with Gasteiger partial charge < -0.3 is 9.84 Å². The molecule has 0 heterocycles. The standard InChI is InChI=1S/C9H8FNO4.C7H4FNO4/c1-2-15-9(12)7-5-6(11(13)14)3-4-8(7)10;8-6-2-1-4(9(12)13)3-5(6)7(10)11/h3-5H,2H2,1H3;1-3H,(H,10,11). The van der Waals surface area contributed by atoms with Crippen molar-refractivity contribution in [3.8, 4) is 0 Å². The van der Waals surface area contributed by atoms with Crippen LogP contribution >= 0.6 is 0 Å². The number of nitro benzene ring substituents is 2. The fourth-order valence-electron chi connectivity index (χ4n) is 1.78. The zero-order valence-corrected chi connectivity index (χ0v) is 14.1. The highest BCUT2D eigenvalue weighted by Crippen LogP contribution is 2.18. The molecular formula is C16H12F2N2O8. The maximum Gasteiger partial charge on any atom is 0.341 e. The number of hydrogen-bond donors (Lipinski definition) is 1. The molecule has 0 aliphatic heterocycles. The van der Waals surface area contributed by atoms with Gasteiger partial charge >= 0.3 is 11.9 Å². The van der Waals surface area contributed by atoms with Crippen molar-refractivity contribution in [3.05, 3.63) is 79.4 Å². The highest BCUT2D eigenvalue weighted by molar-refractivity contribution is 5.90. The highest BCUT2D eigenvalue weighted by Gasteiger charge is 2.17. The van der Waals surface area contributed by atoms with Crippen molar-refractivity contribution in [1.82, 2.24) is 0 Å². The number of hydrogen-bond acceptors (Lipinski definition) is 7. The van der Waals surface area contributed by atoms with Crippen LogP contribution in [0.3, 0.4) is 0 Å². The lowest BCUT2D eigenvalue weighted by Gasteiger charge is -2.02. The van der Waals surface area contributed by atoms with E-state index in [9.17, 15) is 38.6 Å². The maximum absolute atomic E-state index is 13.1. The molecule has 2 aromatic carbocycles. The van der Waals surface area contributed by atoms with Gasteiger partial charge in [-0.2, -0.15) is 0 Å². The Balaban J connectivity index is 0.000000283. The Kier molecular flexibility index (Phi) is 7.62. The van der Waals surface area contributed by atoms with E-state index in [4.69, 9.17) is 5.11 Å². The van der Waals surface area contributed by atoms with Gasteiger partial charge in [0, 0.05) is 24.3 Å². The molecule has 28 heavy (non-hydrogen) atoms. The molecule has 0 fully saturated rings. The zero-order chi connectivity index (χ0) is 21.4. The van der Waals surface area contributed by atoms with Gasteiger partial charge in [0.1, 0.15) is 22.8 Å². The van der Waals surface area contributed by atoms with Crippen LogP contribution in [0.1, 0.15) is 27.6 Å². The van der Waals surface area contributed by atoms with Crippen LogP contribution in [-0.2, 0) is 4.74 Å². The van der Waals surface area contributed by atoms with Gasteiger partial charge in [0.15, 0.2) is 0 Å². The molecular weight excluding hydrogens is 386 g/mol. The first-order chi connectivity index (χ1) is 13.1. The van der Waals surface area contributed by atoms with Gasteiger partial charge in [-0.25, -0.2) is 18.4 Å². The van der Waals surface area contributed by atoms with Gasteiger partial charge in [-0.15, -0.1) is 0 Å². The summed E-state index contributed by atoms with van der Waals surface area (Å²) < 4.78 is 30.3.